The minimum Gasteiger partial charge on any atom is -1.00 e. The van der Waals surface area contributed by atoms with Gasteiger partial charge in [0.1, 0.15) is 0 Å². The Labute approximate surface area is 164 Å². The fraction of sp³-hybridized carbons (Fsp3) is 0.625. The van der Waals surface area contributed by atoms with Crippen molar-refractivity contribution in [3.63, 3.8) is 0 Å². The average Bonchev–Trinajstić information content (AvgIpc) is 2.51. The van der Waals surface area contributed by atoms with Crippen LogP contribution in [0.1, 0.15) is 11.1 Å². The molecule has 1 aliphatic heterocycles. The zero-order valence-corrected chi connectivity index (χ0v) is 16.4. The molecule has 23 heavy (non-hydrogen) atoms. The SMILES string of the molecule is [Br-].[Mg+2].[c-]1c2cccc1COCCOCCOCCOCCOC2. The molecule has 0 unspecified atom stereocenters. The van der Waals surface area contributed by atoms with Crippen molar-refractivity contribution in [1.82, 2.24) is 0 Å². The molecule has 1 heterocycles. The van der Waals surface area contributed by atoms with Gasteiger partial charge in [0, 0.05) is 13.2 Å². The fourth-order valence-electron chi connectivity index (χ4n) is 1.88. The Morgan fingerprint density at radius 3 is 1.35 bits per heavy atom. The molecule has 7 heteroatoms. The van der Waals surface area contributed by atoms with Gasteiger partial charge >= 0.3 is 23.1 Å². The van der Waals surface area contributed by atoms with Gasteiger partial charge in [0.05, 0.1) is 52.9 Å². The first-order chi connectivity index (χ1) is 10.4. The van der Waals surface area contributed by atoms with Gasteiger partial charge in [0.2, 0.25) is 0 Å². The molecule has 0 aromatic heterocycles. The smallest absolute Gasteiger partial charge is 1.00 e. The molecule has 1 aromatic rings. The van der Waals surface area contributed by atoms with Crippen molar-refractivity contribution in [3.05, 3.63) is 35.4 Å². The second-order valence-corrected chi connectivity index (χ2v) is 4.64. The van der Waals surface area contributed by atoms with Gasteiger partial charge in [0.25, 0.3) is 0 Å². The van der Waals surface area contributed by atoms with Crippen molar-refractivity contribution >= 4 is 23.1 Å². The molecule has 0 fully saturated rings. The first-order valence-electron chi connectivity index (χ1n) is 7.34. The fourth-order valence-corrected chi connectivity index (χ4v) is 1.88. The van der Waals surface area contributed by atoms with Gasteiger partial charge in [-0.05, 0) is 0 Å². The number of halogens is 1. The number of benzene rings is 1. The van der Waals surface area contributed by atoms with E-state index < -0.39 is 0 Å². The van der Waals surface area contributed by atoms with Crippen LogP contribution in [-0.4, -0.2) is 75.9 Å². The molecule has 0 N–H and O–H groups in total. The summed E-state index contributed by atoms with van der Waals surface area (Å²) in [5.74, 6) is 0. The maximum atomic E-state index is 5.56. The van der Waals surface area contributed by atoms with Crippen LogP contribution in [0.2, 0.25) is 0 Å². The molecule has 0 saturated carbocycles. The van der Waals surface area contributed by atoms with Crippen LogP contribution in [0.4, 0.5) is 0 Å². The Morgan fingerprint density at radius 2 is 0.957 bits per heavy atom. The number of rotatable bonds is 0. The second kappa shape index (κ2) is 15.8. The van der Waals surface area contributed by atoms with Crippen LogP contribution in [-0.2, 0) is 36.9 Å². The second-order valence-electron chi connectivity index (χ2n) is 4.64. The largest absolute Gasteiger partial charge is 2.00 e. The summed E-state index contributed by atoms with van der Waals surface area (Å²) in [6.07, 6.45) is 0. The Bertz CT molecular complexity index is 363. The molecule has 1 aromatic carbocycles. The van der Waals surface area contributed by atoms with E-state index in [1.54, 1.807) is 0 Å². The van der Waals surface area contributed by atoms with Gasteiger partial charge in [0.15, 0.2) is 0 Å². The maximum absolute atomic E-state index is 5.56. The Balaban J connectivity index is 0.00000242. The van der Waals surface area contributed by atoms with Gasteiger partial charge < -0.3 is 40.7 Å². The average molecular weight is 400 g/mol. The summed E-state index contributed by atoms with van der Waals surface area (Å²) in [6, 6.07) is 9.29. The maximum Gasteiger partial charge on any atom is 2.00 e. The van der Waals surface area contributed by atoms with E-state index >= 15 is 0 Å². The third kappa shape index (κ3) is 11.4. The quantitative estimate of drug-likeness (QED) is 0.381. The Kier molecular flexibility index (Phi) is 16.0. The van der Waals surface area contributed by atoms with Gasteiger partial charge in [-0.25, -0.2) is 0 Å². The van der Waals surface area contributed by atoms with E-state index in [4.69, 9.17) is 23.7 Å². The molecule has 2 bridgehead atoms. The third-order valence-electron chi connectivity index (χ3n) is 2.92. The molecule has 0 spiro atoms. The topological polar surface area (TPSA) is 46.2 Å². The molecule has 2 rings (SSSR count). The van der Waals surface area contributed by atoms with Crippen molar-refractivity contribution < 1.29 is 40.7 Å². The Morgan fingerprint density at radius 1 is 0.609 bits per heavy atom. The molecule has 126 valence electrons. The molecule has 1 aliphatic rings. The van der Waals surface area contributed by atoms with Crippen LogP contribution in [0.3, 0.4) is 0 Å². The first-order valence-corrected chi connectivity index (χ1v) is 7.34. The minimum absolute atomic E-state index is 0. The van der Waals surface area contributed by atoms with E-state index in [2.05, 4.69) is 6.07 Å². The van der Waals surface area contributed by atoms with Crippen LogP contribution in [0, 0.1) is 6.07 Å². The monoisotopic (exact) mass is 398 g/mol. The summed E-state index contributed by atoms with van der Waals surface area (Å²) in [6.45, 7) is 5.67. The van der Waals surface area contributed by atoms with Crippen LogP contribution in [0.15, 0.2) is 18.2 Å². The molecule has 5 nitrogen and oxygen atoms in total. The summed E-state index contributed by atoms with van der Waals surface area (Å²) in [7, 11) is 0. The van der Waals surface area contributed by atoms with E-state index in [-0.39, 0.29) is 40.0 Å². The van der Waals surface area contributed by atoms with Crippen molar-refractivity contribution in [3.8, 4) is 0 Å². The number of hydrogen-bond donors (Lipinski definition) is 0. The van der Waals surface area contributed by atoms with E-state index in [9.17, 15) is 0 Å². The standard InChI is InChI=1S/C16H23O5.BrH.Mg/c1-2-15-12-16(3-1)14-21-11-9-19-7-5-17-4-6-18-8-10-20-13-15;;/h1-3H,4-11,13-14H2;1H;/q-1;;+2/p-1. The molecule has 0 atom stereocenters. The molecule has 0 radical (unpaired) electrons. The number of hydrogen-bond acceptors (Lipinski definition) is 5. The summed E-state index contributed by atoms with van der Waals surface area (Å²) in [5.41, 5.74) is 2.05. The molecule has 0 amide bonds. The number of fused-ring (bicyclic) bond motifs is 2. The van der Waals surface area contributed by atoms with E-state index in [1.807, 2.05) is 18.2 Å². The first kappa shape index (κ1) is 23.3. The van der Waals surface area contributed by atoms with Crippen LogP contribution in [0.25, 0.3) is 0 Å². The Hall–Kier alpha value is 0.266. The summed E-state index contributed by atoms with van der Waals surface area (Å²) in [5, 5.41) is 0. The van der Waals surface area contributed by atoms with Gasteiger partial charge in [-0.1, -0.05) is 0 Å². The zero-order valence-electron chi connectivity index (χ0n) is 13.4. The van der Waals surface area contributed by atoms with Crippen molar-refractivity contribution in [2.24, 2.45) is 0 Å². The van der Waals surface area contributed by atoms with Crippen LogP contribution < -0.4 is 17.0 Å². The van der Waals surface area contributed by atoms with Gasteiger partial charge in [-0.15, -0.1) is 11.1 Å². The van der Waals surface area contributed by atoms with Crippen molar-refractivity contribution in [2.45, 2.75) is 13.2 Å². The predicted molar refractivity (Wildman–Crippen MR) is 82.8 cm³/mol. The van der Waals surface area contributed by atoms with E-state index in [0.29, 0.717) is 66.1 Å². The summed E-state index contributed by atoms with van der Waals surface area (Å²) in [4.78, 5) is 0. The molecular weight excluding hydrogens is 376 g/mol. The predicted octanol–water partition coefficient (Wildman–Crippen LogP) is -1.79. The molecule has 0 saturated heterocycles. The van der Waals surface area contributed by atoms with Crippen molar-refractivity contribution in [1.29, 1.82) is 0 Å². The van der Waals surface area contributed by atoms with E-state index in [1.165, 1.54) is 0 Å². The van der Waals surface area contributed by atoms with Gasteiger partial charge in [-0.3, -0.25) is 0 Å². The minimum atomic E-state index is 0. The van der Waals surface area contributed by atoms with Crippen LogP contribution in [0.5, 0.6) is 0 Å². The van der Waals surface area contributed by atoms with E-state index in [0.717, 1.165) is 11.1 Å². The van der Waals surface area contributed by atoms with Crippen LogP contribution >= 0.6 is 0 Å². The summed E-state index contributed by atoms with van der Waals surface area (Å²) < 4.78 is 27.3. The molecule has 0 aliphatic carbocycles. The molecular formula is C16H23BrMgO5. The third-order valence-corrected chi connectivity index (χ3v) is 2.92. The van der Waals surface area contributed by atoms with Crippen molar-refractivity contribution in [2.75, 3.05) is 52.9 Å². The normalized spacial score (nSPS) is 18.6. The summed E-state index contributed by atoms with van der Waals surface area (Å²) >= 11 is 0. The number of ether oxygens (including phenoxy) is 5. The van der Waals surface area contributed by atoms with Gasteiger partial charge in [-0.2, -0.15) is 24.3 Å². The zero-order chi connectivity index (χ0) is 14.6.